The predicted octanol–water partition coefficient (Wildman–Crippen LogP) is 0.947. The zero-order valence-electron chi connectivity index (χ0n) is 12.7. The van der Waals surface area contributed by atoms with E-state index in [0.717, 1.165) is 25.2 Å². The van der Waals surface area contributed by atoms with E-state index in [4.69, 9.17) is 5.73 Å². The van der Waals surface area contributed by atoms with Crippen LogP contribution in [0.15, 0.2) is 18.2 Å². The topological polar surface area (TPSA) is 49.6 Å². The summed E-state index contributed by atoms with van der Waals surface area (Å²) >= 11 is 0. The molecular formula is C16H25N3O. The van der Waals surface area contributed by atoms with Crippen molar-refractivity contribution >= 4 is 5.91 Å². The molecule has 2 rings (SSSR count). The molecular weight excluding hydrogens is 250 g/mol. The van der Waals surface area contributed by atoms with Crippen LogP contribution in [-0.2, 0) is 11.2 Å². The molecule has 1 aliphatic heterocycles. The van der Waals surface area contributed by atoms with Crippen molar-refractivity contribution in [2.24, 2.45) is 5.73 Å². The average molecular weight is 275 g/mol. The van der Waals surface area contributed by atoms with Crippen molar-refractivity contribution in [1.29, 1.82) is 0 Å². The molecule has 20 heavy (non-hydrogen) atoms. The van der Waals surface area contributed by atoms with Crippen LogP contribution in [0, 0.1) is 13.8 Å². The van der Waals surface area contributed by atoms with E-state index in [2.05, 4.69) is 44.0 Å². The summed E-state index contributed by atoms with van der Waals surface area (Å²) in [4.78, 5) is 16.8. The van der Waals surface area contributed by atoms with E-state index < -0.39 is 0 Å². The minimum absolute atomic E-state index is 0.145. The van der Waals surface area contributed by atoms with E-state index in [1.54, 1.807) is 0 Å². The molecule has 0 aliphatic carbocycles. The lowest BCUT2D eigenvalue weighted by Crippen LogP contribution is -2.57. The lowest BCUT2D eigenvalue weighted by atomic mass is 10.0. The molecule has 1 amide bonds. The maximum Gasteiger partial charge on any atom is 0.227 e. The maximum absolute atomic E-state index is 12.6. The highest BCUT2D eigenvalue weighted by Crippen LogP contribution is 2.15. The molecule has 0 radical (unpaired) electrons. The molecule has 0 aromatic heterocycles. The summed E-state index contributed by atoms with van der Waals surface area (Å²) in [6.45, 7) is 7.23. The summed E-state index contributed by atoms with van der Waals surface area (Å²) in [7, 11) is 2.08. The van der Waals surface area contributed by atoms with Gasteiger partial charge in [-0.2, -0.15) is 0 Å². The lowest BCUT2D eigenvalue weighted by molar-refractivity contribution is -0.134. The molecule has 0 spiro atoms. The number of benzene rings is 1. The number of rotatable bonds is 3. The first-order chi connectivity index (χ1) is 9.51. The molecule has 1 unspecified atom stereocenters. The van der Waals surface area contributed by atoms with Crippen LogP contribution in [-0.4, -0.2) is 55.0 Å². The molecule has 1 fully saturated rings. The fourth-order valence-corrected chi connectivity index (χ4v) is 2.80. The molecule has 1 saturated heterocycles. The molecule has 0 bridgehead atoms. The molecule has 1 heterocycles. The highest BCUT2D eigenvalue weighted by atomic mass is 16.2. The number of hydrogen-bond donors (Lipinski definition) is 1. The normalized spacial score (nSPS) is 20.2. The third-order valence-corrected chi connectivity index (χ3v) is 4.12. The number of nitrogens with two attached hydrogens (primary N) is 1. The van der Waals surface area contributed by atoms with Gasteiger partial charge in [-0.05, 0) is 32.0 Å². The number of amides is 1. The fourth-order valence-electron chi connectivity index (χ4n) is 2.80. The van der Waals surface area contributed by atoms with Crippen LogP contribution in [0.5, 0.6) is 0 Å². The Morgan fingerprint density at radius 3 is 2.80 bits per heavy atom. The van der Waals surface area contributed by atoms with Crippen molar-refractivity contribution in [3.05, 3.63) is 34.9 Å². The van der Waals surface area contributed by atoms with Gasteiger partial charge in [0, 0.05) is 26.2 Å². The minimum Gasteiger partial charge on any atom is -0.336 e. The number of hydrogen-bond acceptors (Lipinski definition) is 3. The van der Waals surface area contributed by atoms with E-state index in [1.165, 1.54) is 11.1 Å². The Labute approximate surface area is 121 Å². The summed E-state index contributed by atoms with van der Waals surface area (Å²) in [5.41, 5.74) is 9.33. The second kappa shape index (κ2) is 6.37. The van der Waals surface area contributed by atoms with Gasteiger partial charge in [0.2, 0.25) is 5.91 Å². The number of carbonyl (C=O) groups excluding carboxylic acids is 1. The summed E-state index contributed by atoms with van der Waals surface area (Å²) < 4.78 is 0. The first-order valence-corrected chi connectivity index (χ1v) is 7.25. The molecule has 1 aromatic carbocycles. The van der Waals surface area contributed by atoms with Crippen LogP contribution in [0.2, 0.25) is 0 Å². The summed E-state index contributed by atoms with van der Waals surface area (Å²) in [5.74, 6) is 0.197. The standard InChI is InChI=1S/C16H25N3O/c1-12-4-5-13(2)14(8-12)9-16(20)19-7-6-18(3)11-15(19)10-17/h4-5,8,15H,6-7,9-11,17H2,1-3H3. The van der Waals surface area contributed by atoms with E-state index in [0.29, 0.717) is 13.0 Å². The monoisotopic (exact) mass is 275 g/mol. The molecule has 110 valence electrons. The number of piperazine rings is 1. The number of carbonyl (C=O) groups is 1. The Kier molecular flexibility index (Phi) is 4.78. The Hall–Kier alpha value is -1.39. The third kappa shape index (κ3) is 3.38. The quantitative estimate of drug-likeness (QED) is 0.893. The molecule has 4 heteroatoms. The van der Waals surface area contributed by atoms with Crippen LogP contribution in [0.4, 0.5) is 0 Å². The molecule has 1 aromatic rings. The van der Waals surface area contributed by atoms with Crippen LogP contribution >= 0.6 is 0 Å². The summed E-state index contributed by atoms with van der Waals surface area (Å²) in [5, 5.41) is 0. The van der Waals surface area contributed by atoms with E-state index >= 15 is 0 Å². The molecule has 1 atom stereocenters. The van der Waals surface area contributed by atoms with Gasteiger partial charge < -0.3 is 15.5 Å². The van der Waals surface area contributed by atoms with Crippen molar-refractivity contribution in [3.8, 4) is 0 Å². The van der Waals surface area contributed by atoms with E-state index in [9.17, 15) is 4.79 Å². The van der Waals surface area contributed by atoms with Gasteiger partial charge in [0.25, 0.3) is 0 Å². The fraction of sp³-hybridized carbons (Fsp3) is 0.562. The minimum atomic E-state index is 0.145. The van der Waals surface area contributed by atoms with Crippen LogP contribution < -0.4 is 5.73 Å². The van der Waals surface area contributed by atoms with Crippen molar-refractivity contribution < 1.29 is 4.79 Å². The van der Waals surface area contributed by atoms with Crippen molar-refractivity contribution in [1.82, 2.24) is 9.80 Å². The van der Waals surface area contributed by atoms with Crippen LogP contribution in [0.1, 0.15) is 16.7 Å². The van der Waals surface area contributed by atoms with Crippen LogP contribution in [0.3, 0.4) is 0 Å². The highest BCUT2D eigenvalue weighted by Gasteiger charge is 2.27. The van der Waals surface area contributed by atoms with Crippen molar-refractivity contribution in [2.75, 3.05) is 33.2 Å². The van der Waals surface area contributed by atoms with Gasteiger partial charge in [-0.3, -0.25) is 4.79 Å². The second-order valence-electron chi connectivity index (χ2n) is 5.85. The van der Waals surface area contributed by atoms with E-state index in [-0.39, 0.29) is 11.9 Å². The van der Waals surface area contributed by atoms with Gasteiger partial charge in [0.05, 0.1) is 12.5 Å². The molecule has 0 saturated carbocycles. The first-order valence-electron chi connectivity index (χ1n) is 7.25. The van der Waals surface area contributed by atoms with Gasteiger partial charge in [-0.15, -0.1) is 0 Å². The van der Waals surface area contributed by atoms with Crippen LogP contribution in [0.25, 0.3) is 0 Å². The number of aryl methyl sites for hydroxylation is 2. The Bertz CT molecular complexity index is 487. The second-order valence-corrected chi connectivity index (χ2v) is 5.85. The Balaban J connectivity index is 2.09. The summed E-state index contributed by atoms with van der Waals surface area (Å²) in [6, 6.07) is 6.43. The van der Waals surface area contributed by atoms with E-state index in [1.807, 2.05) is 4.90 Å². The Morgan fingerprint density at radius 1 is 1.35 bits per heavy atom. The molecule has 4 nitrogen and oxygen atoms in total. The molecule has 1 aliphatic rings. The van der Waals surface area contributed by atoms with Crippen molar-refractivity contribution in [3.63, 3.8) is 0 Å². The average Bonchev–Trinajstić information content (AvgIpc) is 2.42. The molecule has 2 N–H and O–H groups in total. The first kappa shape index (κ1) is 15.0. The Morgan fingerprint density at radius 2 is 2.10 bits per heavy atom. The largest absolute Gasteiger partial charge is 0.336 e. The maximum atomic E-state index is 12.6. The number of likely N-dealkylation sites (N-methyl/N-ethyl adjacent to an activating group) is 1. The third-order valence-electron chi connectivity index (χ3n) is 4.12. The SMILES string of the molecule is Cc1ccc(C)c(CC(=O)N2CCN(C)CC2CN)c1. The van der Waals surface area contributed by atoms with Gasteiger partial charge in [0.1, 0.15) is 0 Å². The van der Waals surface area contributed by atoms with Gasteiger partial charge in [-0.1, -0.05) is 23.8 Å². The number of nitrogens with zero attached hydrogens (tertiary/aromatic N) is 2. The smallest absolute Gasteiger partial charge is 0.227 e. The predicted molar refractivity (Wildman–Crippen MR) is 81.7 cm³/mol. The lowest BCUT2D eigenvalue weighted by Gasteiger charge is -2.39. The van der Waals surface area contributed by atoms with Gasteiger partial charge in [-0.25, -0.2) is 0 Å². The zero-order chi connectivity index (χ0) is 14.7. The summed E-state index contributed by atoms with van der Waals surface area (Å²) in [6.07, 6.45) is 0.480. The zero-order valence-corrected chi connectivity index (χ0v) is 12.7. The van der Waals surface area contributed by atoms with Gasteiger partial charge in [0.15, 0.2) is 0 Å². The highest BCUT2D eigenvalue weighted by molar-refractivity contribution is 5.79. The van der Waals surface area contributed by atoms with Crippen molar-refractivity contribution in [2.45, 2.75) is 26.3 Å². The van der Waals surface area contributed by atoms with Gasteiger partial charge >= 0.3 is 0 Å².